The topological polar surface area (TPSA) is 21.3 Å². The molecule has 3 rings (SSSR count). The molecule has 3 fully saturated rings. The van der Waals surface area contributed by atoms with Crippen LogP contribution in [-0.4, -0.2) is 35.8 Å². The van der Waals surface area contributed by atoms with Crippen LogP contribution in [0.5, 0.6) is 0 Å². The highest BCUT2D eigenvalue weighted by Gasteiger charge is 2.42. The van der Waals surface area contributed by atoms with Crippen LogP contribution in [0.4, 0.5) is 0 Å². The van der Waals surface area contributed by atoms with Crippen LogP contribution in [0.15, 0.2) is 0 Å². The lowest BCUT2D eigenvalue weighted by Crippen LogP contribution is -2.53. The van der Waals surface area contributed by atoms with Crippen LogP contribution >= 0.6 is 11.8 Å². The number of ether oxygens (including phenoxy) is 1. The fraction of sp³-hybridized carbons (Fsp3) is 1.00. The van der Waals surface area contributed by atoms with Gasteiger partial charge in [0, 0.05) is 18.7 Å². The normalized spacial score (nSPS) is 34.9. The van der Waals surface area contributed by atoms with Crippen molar-refractivity contribution >= 4 is 11.8 Å². The van der Waals surface area contributed by atoms with E-state index in [9.17, 15) is 0 Å². The second-order valence-corrected chi connectivity index (χ2v) is 6.85. The molecule has 0 aromatic heterocycles. The van der Waals surface area contributed by atoms with Crippen molar-refractivity contribution in [1.29, 1.82) is 0 Å². The van der Waals surface area contributed by atoms with Crippen molar-refractivity contribution < 1.29 is 4.74 Å². The van der Waals surface area contributed by atoms with Crippen molar-refractivity contribution in [3.63, 3.8) is 0 Å². The number of hydrogen-bond acceptors (Lipinski definition) is 3. The third-order valence-electron chi connectivity index (χ3n) is 4.45. The summed E-state index contributed by atoms with van der Waals surface area (Å²) >= 11 is 2.11. The van der Waals surface area contributed by atoms with Crippen LogP contribution in [0.1, 0.15) is 44.9 Å². The van der Waals surface area contributed by atoms with Crippen molar-refractivity contribution in [3.8, 4) is 0 Å². The van der Waals surface area contributed by atoms with Crippen molar-refractivity contribution in [2.45, 2.75) is 62.6 Å². The Hall–Kier alpha value is 0.270. The Balaban J connectivity index is 1.50. The molecule has 0 radical (unpaired) electrons. The van der Waals surface area contributed by atoms with Crippen LogP contribution < -0.4 is 5.32 Å². The standard InChI is InChI=1S/C13H23NOS/c1-5-13(6-1)10-12(2-7-15-13)14-11-3-8-16-9-4-11/h11-12,14H,1-10H2. The van der Waals surface area contributed by atoms with Gasteiger partial charge in [-0.25, -0.2) is 0 Å². The van der Waals surface area contributed by atoms with Gasteiger partial charge in [0.2, 0.25) is 0 Å². The molecule has 16 heavy (non-hydrogen) atoms. The Kier molecular flexibility index (Phi) is 3.46. The quantitative estimate of drug-likeness (QED) is 0.803. The fourth-order valence-electron chi connectivity index (χ4n) is 3.29. The summed E-state index contributed by atoms with van der Waals surface area (Å²) in [5, 5.41) is 3.89. The summed E-state index contributed by atoms with van der Waals surface area (Å²) in [7, 11) is 0. The molecule has 2 aliphatic heterocycles. The molecule has 1 aliphatic carbocycles. The Bertz CT molecular complexity index is 236. The van der Waals surface area contributed by atoms with Gasteiger partial charge in [-0.3, -0.25) is 0 Å². The summed E-state index contributed by atoms with van der Waals surface area (Å²) in [4.78, 5) is 0. The second kappa shape index (κ2) is 4.87. The summed E-state index contributed by atoms with van der Waals surface area (Å²) in [5.41, 5.74) is 0.305. The predicted octanol–water partition coefficient (Wildman–Crippen LogP) is 2.57. The van der Waals surface area contributed by atoms with Gasteiger partial charge in [-0.2, -0.15) is 11.8 Å². The van der Waals surface area contributed by atoms with E-state index in [0.717, 1.165) is 18.7 Å². The van der Waals surface area contributed by atoms with E-state index < -0.39 is 0 Å². The summed E-state index contributed by atoms with van der Waals surface area (Å²) in [6, 6.07) is 1.53. The summed E-state index contributed by atoms with van der Waals surface area (Å²) in [5.74, 6) is 2.71. The minimum atomic E-state index is 0.305. The maximum Gasteiger partial charge on any atom is 0.0697 e. The lowest BCUT2D eigenvalue weighted by molar-refractivity contribution is -0.136. The number of rotatable bonds is 2. The zero-order valence-corrected chi connectivity index (χ0v) is 10.9. The molecule has 3 heteroatoms. The Morgan fingerprint density at radius 2 is 1.88 bits per heavy atom. The van der Waals surface area contributed by atoms with Gasteiger partial charge in [-0.1, -0.05) is 0 Å². The first-order chi connectivity index (χ1) is 7.86. The third kappa shape index (κ3) is 2.41. The summed E-state index contributed by atoms with van der Waals surface area (Å²) in [6.07, 6.45) is 9.25. The van der Waals surface area contributed by atoms with Crippen molar-refractivity contribution in [2.24, 2.45) is 0 Å². The van der Waals surface area contributed by atoms with Gasteiger partial charge in [0.25, 0.3) is 0 Å². The average Bonchev–Trinajstić information content (AvgIpc) is 2.29. The molecule has 1 saturated carbocycles. The summed E-state index contributed by atoms with van der Waals surface area (Å²) in [6.45, 7) is 0.985. The number of hydrogen-bond donors (Lipinski definition) is 1. The molecule has 1 unspecified atom stereocenters. The van der Waals surface area contributed by atoms with E-state index in [2.05, 4.69) is 17.1 Å². The van der Waals surface area contributed by atoms with E-state index in [1.165, 1.54) is 56.5 Å². The van der Waals surface area contributed by atoms with Crippen LogP contribution in [-0.2, 0) is 4.74 Å². The van der Waals surface area contributed by atoms with Gasteiger partial charge >= 0.3 is 0 Å². The minimum absolute atomic E-state index is 0.305. The van der Waals surface area contributed by atoms with Gasteiger partial charge in [0.1, 0.15) is 0 Å². The first kappa shape index (κ1) is 11.4. The molecule has 0 bridgehead atoms. The molecule has 1 atom stereocenters. The Morgan fingerprint density at radius 3 is 2.56 bits per heavy atom. The second-order valence-electron chi connectivity index (χ2n) is 5.63. The van der Waals surface area contributed by atoms with Crippen LogP contribution in [0.25, 0.3) is 0 Å². The highest BCUT2D eigenvalue weighted by Crippen LogP contribution is 2.42. The molecule has 1 spiro atoms. The third-order valence-corrected chi connectivity index (χ3v) is 5.50. The van der Waals surface area contributed by atoms with E-state index in [4.69, 9.17) is 4.74 Å². The van der Waals surface area contributed by atoms with E-state index in [1.807, 2.05) is 0 Å². The van der Waals surface area contributed by atoms with Crippen molar-refractivity contribution in [3.05, 3.63) is 0 Å². The lowest BCUT2D eigenvalue weighted by Gasteiger charge is -2.48. The zero-order chi connectivity index (χ0) is 10.8. The largest absolute Gasteiger partial charge is 0.375 e. The maximum absolute atomic E-state index is 5.98. The Labute approximate surface area is 103 Å². The van der Waals surface area contributed by atoms with Crippen LogP contribution in [0.2, 0.25) is 0 Å². The molecule has 1 N–H and O–H groups in total. The van der Waals surface area contributed by atoms with Crippen LogP contribution in [0.3, 0.4) is 0 Å². The van der Waals surface area contributed by atoms with Crippen LogP contribution in [0, 0.1) is 0 Å². The van der Waals surface area contributed by atoms with Gasteiger partial charge in [-0.05, 0) is 56.5 Å². The van der Waals surface area contributed by atoms with E-state index in [0.29, 0.717) is 5.60 Å². The number of thioether (sulfide) groups is 1. The molecule has 3 aliphatic rings. The molecular formula is C13H23NOS. The molecule has 2 saturated heterocycles. The Morgan fingerprint density at radius 1 is 1.06 bits per heavy atom. The first-order valence-corrected chi connectivity index (χ1v) is 8.00. The van der Waals surface area contributed by atoms with Gasteiger partial charge in [-0.15, -0.1) is 0 Å². The van der Waals surface area contributed by atoms with Gasteiger partial charge in [0.05, 0.1) is 5.60 Å². The lowest BCUT2D eigenvalue weighted by atomic mass is 9.74. The highest BCUT2D eigenvalue weighted by atomic mass is 32.2. The fourth-order valence-corrected chi connectivity index (χ4v) is 4.39. The van der Waals surface area contributed by atoms with E-state index in [1.54, 1.807) is 0 Å². The molecule has 0 amide bonds. The minimum Gasteiger partial charge on any atom is -0.375 e. The molecular weight excluding hydrogens is 218 g/mol. The van der Waals surface area contributed by atoms with E-state index >= 15 is 0 Å². The molecule has 2 heterocycles. The number of nitrogens with one attached hydrogen (secondary N) is 1. The molecule has 92 valence electrons. The monoisotopic (exact) mass is 241 g/mol. The SMILES string of the molecule is C1CC2(C1)CC(NC1CCSCC1)CCO2. The smallest absolute Gasteiger partial charge is 0.0697 e. The predicted molar refractivity (Wildman–Crippen MR) is 69.0 cm³/mol. The highest BCUT2D eigenvalue weighted by molar-refractivity contribution is 7.99. The van der Waals surface area contributed by atoms with Gasteiger partial charge < -0.3 is 10.1 Å². The van der Waals surface area contributed by atoms with Gasteiger partial charge in [0.15, 0.2) is 0 Å². The van der Waals surface area contributed by atoms with Crippen molar-refractivity contribution in [2.75, 3.05) is 18.1 Å². The molecule has 0 aromatic rings. The maximum atomic E-state index is 5.98. The molecule has 2 nitrogen and oxygen atoms in total. The summed E-state index contributed by atoms with van der Waals surface area (Å²) < 4.78 is 5.98. The average molecular weight is 241 g/mol. The zero-order valence-electron chi connectivity index (χ0n) is 10.0. The molecule has 0 aromatic carbocycles. The first-order valence-electron chi connectivity index (χ1n) is 6.84. The van der Waals surface area contributed by atoms with Crippen molar-refractivity contribution in [1.82, 2.24) is 5.32 Å². The van der Waals surface area contributed by atoms with E-state index in [-0.39, 0.29) is 0 Å².